The number of carbonyl (C=O) groups is 4. The van der Waals surface area contributed by atoms with E-state index in [-0.39, 0.29) is 31.4 Å². The van der Waals surface area contributed by atoms with Crippen LogP contribution < -0.4 is 16.0 Å². The van der Waals surface area contributed by atoms with Crippen LogP contribution >= 0.6 is 0 Å². The Labute approximate surface area is 151 Å². The van der Waals surface area contributed by atoms with Gasteiger partial charge in [-0.25, -0.2) is 0 Å². The number of carboxylic acid groups (broad SMARTS) is 1. The third kappa shape index (κ3) is 18.1. The Kier molecular flexibility index (Phi) is 14.8. The molecule has 0 aliphatic rings. The number of carbonyl (C=O) groups excluding carboxylic acids is 3. The zero-order valence-electron chi connectivity index (χ0n) is 14.9. The molecule has 0 bridgehead atoms. The number of nitrogens with one attached hydrogen (secondary N) is 3. The minimum Gasteiger partial charge on any atom is -0.480 e. The largest absolute Gasteiger partial charge is 0.480 e. The van der Waals surface area contributed by atoms with Crippen LogP contribution in [0.3, 0.4) is 0 Å². The van der Waals surface area contributed by atoms with E-state index in [2.05, 4.69) is 16.0 Å². The van der Waals surface area contributed by atoms with Gasteiger partial charge >= 0.3 is 5.97 Å². The van der Waals surface area contributed by atoms with Gasteiger partial charge in [0.15, 0.2) is 0 Å². The van der Waals surface area contributed by atoms with Crippen molar-refractivity contribution in [1.29, 1.82) is 0 Å². The third-order valence-corrected chi connectivity index (χ3v) is 2.72. The maximum atomic E-state index is 11.4. The second kappa shape index (κ2) is 16.2. The first-order valence-electron chi connectivity index (χ1n) is 8.14. The van der Waals surface area contributed by atoms with Gasteiger partial charge in [-0.05, 0) is 0 Å². The summed E-state index contributed by atoms with van der Waals surface area (Å²) >= 11 is 0. The van der Waals surface area contributed by atoms with Gasteiger partial charge in [-0.15, -0.1) is 0 Å². The average Bonchev–Trinajstić information content (AvgIpc) is 2.58. The van der Waals surface area contributed by atoms with Crippen LogP contribution in [0.4, 0.5) is 0 Å². The van der Waals surface area contributed by atoms with Crippen molar-refractivity contribution < 1.29 is 38.5 Å². The molecule has 0 saturated heterocycles. The van der Waals surface area contributed by atoms with Gasteiger partial charge in [-0.2, -0.15) is 0 Å². The SMILES string of the molecule is CC(=O)NCCOCCOCCOCCC(=O)NCC(=O)NCC(=O)O. The molecule has 0 aliphatic carbocycles. The molecular weight excluding hydrogens is 350 g/mol. The van der Waals surface area contributed by atoms with Gasteiger partial charge in [-0.1, -0.05) is 0 Å². The molecule has 0 atom stereocenters. The summed E-state index contributed by atoms with van der Waals surface area (Å²) in [5.74, 6) is -2.20. The fourth-order valence-electron chi connectivity index (χ4n) is 1.51. The van der Waals surface area contributed by atoms with Gasteiger partial charge in [0, 0.05) is 19.9 Å². The predicted molar refractivity (Wildman–Crippen MR) is 89.4 cm³/mol. The highest BCUT2D eigenvalue weighted by Gasteiger charge is 2.06. The first-order valence-corrected chi connectivity index (χ1v) is 8.14. The van der Waals surface area contributed by atoms with Crippen LogP contribution in [0.15, 0.2) is 0 Å². The zero-order valence-corrected chi connectivity index (χ0v) is 14.9. The van der Waals surface area contributed by atoms with Crippen LogP contribution in [0.1, 0.15) is 13.3 Å². The fourth-order valence-corrected chi connectivity index (χ4v) is 1.51. The first-order chi connectivity index (χ1) is 12.4. The summed E-state index contributed by atoms with van der Waals surface area (Å²) < 4.78 is 15.7. The van der Waals surface area contributed by atoms with E-state index >= 15 is 0 Å². The van der Waals surface area contributed by atoms with E-state index in [0.717, 1.165) is 0 Å². The maximum absolute atomic E-state index is 11.4. The van der Waals surface area contributed by atoms with Crippen LogP contribution in [-0.4, -0.2) is 88.1 Å². The Hall–Kier alpha value is -2.24. The molecule has 0 heterocycles. The molecule has 0 saturated carbocycles. The molecule has 0 aromatic carbocycles. The number of aliphatic carboxylic acids is 1. The highest BCUT2D eigenvalue weighted by atomic mass is 16.5. The molecule has 11 nitrogen and oxygen atoms in total. The van der Waals surface area contributed by atoms with Crippen molar-refractivity contribution in [3.05, 3.63) is 0 Å². The lowest BCUT2D eigenvalue weighted by atomic mass is 10.4. The second-order valence-corrected chi connectivity index (χ2v) is 5.02. The van der Waals surface area contributed by atoms with Crippen LogP contribution in [0.5, 0.6) is 0 Å². The van der Waals surface area contributed by atoms with Crippen molar-refractivity contribution >= 4 is 23.7 Å². The summed E-state index contributed by atoms with van der Waals surface area (Å²) in [6.45, 7) is 3.21. The van der Waals surface area contributed by atoms with Gasteiger partial charge in [0.25, 0.3) is 0 Å². The Morgan fingerprint density at radius 1 is 0.731 bits per heavy atom. The molecule has 3 amide bonds. The molecule has 11 heteroatoms. The summed E-state index contributed by atoms with van der Waals surface area (Å²) in [6, 6.07) is 0. The van der Waals surface area contributed by atoms with Gasteiger partial charge in [0.1, 0.15) is 6.54 Å². The van der Waals surface area contributed by atoms with Gasteiger partial charge < -0.3 is 35.3 Å². The van der Waals surface area contributed by atoms with Gasteiger partial charge in [0.2, 0.25) is 17.7 Å². The smallest absolute Gasteiger partial charge is 0.322 e. The van der Waals surface area contributed by atoms with E-state index in [1.165, 1.54) is 6.92 Å². The lowest BCUT2D eigenvalue weighted by molar-refractivity contribution is -0.137. The number of carboxylic acids is 1. The molecule has 150 valence electrons. The van der Waals surface area contributed by atoms with Crippen molar-refractivity contribution in [2.75, 3.05) is 59.3 Å². The fraction of sp³-hybridized carbons (Fsp3) is 0.733. The number of ether oxygens (including phenoxy) is 3. The molecule has 0 fully saturated rings. The third-order valence-electron chi connectivity index (χ3n) is 2.72. The topological polar surface area (TPSA) is 152 Å². The Morgan fingerprint density at radius 2 is 1.27 bits per heavy atom. The number of hydrogen-bond acceptors (Lipinski definition) is 7. The predicted octanol–water partition coefficient (Wildman–Crippen LogP) is -2.12. The Morgan fingerprint density at radius 3 is 1.85 bits per heavy atom. The second-order valence-electron chi connectivity index (χ2n) is 5.02. The molecule has 0 aliphatic heterocycles. The molecule has 0 aromatic rings. The Bertz CT molecular complexity index is 445. The summed E-state index contributed by atoms with van der Waals surface area (Å²) in [4.78, 5) is 43.4. The van der Waals surface area contributed by atoms with Crippen LogP contribution in [0, 0.1) is 0 Å². The first kappa shape index (κ1) is 23.8. The lowest BCUT2D eigenvalue weighted by Crippen LogP contribution is -2.39. The van der Waals surface area contributed by atoms with Crippen molar-refractivity contribution in [1.82, 2.24) is 16.0 Å². The van der Waals surface area contributed by atoms with Gasteiger partial charge in [0.05, 0.1) is 46.2 Å². The molecule has 0 unspecified atom stereocenters. The summed E-state index contributed by atoms with van der Waals surface area (Å²) in [7, 11) is 0. The van der Waals surface area contributed by atoms with E-state index in [1.54, 1.807) is 0 Å². The van der Waals surface area contributed by atoms with Gasteiger partial charge in [-0.3, -0.25) is 19.2 Å². The molecule has 0 spiro atoms. The zero-order chi connectivity index (χ0) is 19.6. The average molecular weight is 377 g/mol. The molecule has 0 rings (SSSR count). The summed E-state index contributed by atoms with van der Waals surface area (Å²) in [5.41, 5.74) is 0. The minimum absolute atomic E-state index is 0.0818. The van der Waals surface area contributed by atoms with E-state index in [1.807, 2.05) is 0 Å². The summed E-state index contributed by atoms with van der Waals surface area (Å²) in [5, 5.41) is 15.5. The molecule has 0 radical (unpaired) electrons. The van der Waals surface area contributed by atoms with E-state index < -0.39 is 18.4 Å². The quantitative estimate of drug-likeness (QED) is 0.223. The highest BCUT2D eigenvalue weighted by molar-refractivity contribution is 5.86. The molecular formula is C15H27N3O8. The van der Waals surface area contributed by atoms with Crippen LogP contribution in [0.2, 0.25) is 0 Å². The number of hydrogen-bond donors (Lipinski definition) is 4. The van der Waals surface area contributed by atoms with E-state index in [9.17, 15) is 19.2 Å². The monoisotopic (exact) mass is 377 g/mol. The molecule has 0 aromatic heterocycles. The highest BCUT2D eigenvalue weighted by Crippen LogP contribution is 1.85. The van der Waals surface area contributed by atoms with E-state index in [4.69, 9.17) is 19.3 Å². The van der Waals surface area contributed by atoms with Crippen molar-refractivity contribution in [2.24, 2.45) is 0 Å². The van der Waals surface area contributed by atoms with Crippen molar-refractivity contribution in [3.63, 3.8) is 0 Å². The maximum Gasteiger partial charge on any atom is 0.322 e. The van der Waals surface area contributed by atoms with Crippen molar-refractivity contribution in [3.8, 4) is 0 Å². The minimum atomic E-state index is -1.16. The number of amides is 3. The van der Waals surface area contributed by atoms with Crippen LogP contribution in [0.25, 0.3) is 0 Å². The molecule has 26 heavy (non-hydrogen) atoms. The van der Waals surface area contributed by atoms with E-state index in [0.29, 0.717) is 39.6 Å². The van der Waals surface area contributed by atoms with Crippen LogP contribution in [-0.2, 0) is 33.4 Å². The lowest BCUT2D eigenvalue weighted by Gasteiger charge is -2.08. The van der Waals surface area contributed by atoms with Crippen molar-refractivity contribution in [2.45, 2.75) is 13.3 Å². The summed E-state index contributed by atoms with van der Waals surface area (Å²) in [6.07, 6.45) is 0.0818. The Balaban J connectivity index is 3.31. The standard InChI is InChI=1S/C15H27N3O8/c1-12(19)16-3-5-25-7-9-26-8-6-24-4-2-13(20)17-10-14(21)18-11-15(22)23/h2-11H2,1H3,(H,16,19)(H,17,20)(H,18,21)(H,22,23). The molecule has 4 N–H and O–H groups in total. The number of rotatable bonds is 16. The normalized spacial score (nSPS) is 10.2.